The Morgan fingerprint density at radius 2 is 2.06 bits per heavy atom. The summed E-state index contributed by atoms with van der Waals surface area (Å²) in [5.74, 6) is 0. The molecule has 90 valence electrons. The first-order valence-corrected chi connectivity index (χ1v) is 7.21. The molecule has 0 saturated heterocycles. The molecule has 0 spiro atoms. The summed E-state index contributed by atoms with van der Waals surface area (Å²) in [6.07, 6.45) is 0.752. The molecule has 0 fully saturated rings. The lowest BCUT2D eigenvalue weighted by atomic mass is 10.2. The van der Waals surface area contributed by atoms with Crippen molar-refractivity contribution in [2.24, 2.45) is 0 Å². The van der Waals surface area contributed by atoms with E-state index in [9.17, 15) is 8.42 Å². The number of nitrogen functional groups attached to an aromatic ring is 1. The predicted molar refractivity (Wildman–Crippen MR) is 68.8 cm³/mol. The fourth-order valence-corrected chi connectivity index (χ4v) is 3.33. The van der Waals surface area contributed by atoms with E-state index in [0.717, 1.165) is 6.42 Å². The lowest BCUT2D eigenvalue weighted by molar-refractivity contribution is 0.580. The molecule has 0 radical (unpaired) electrons. The minimum absolute atomic E-state index is 0.229. The number of rotatable bonds is 4. The van der Waals surface area contributed by atoms with Crippen molar-refractivity contribution in [1.29, 1.82) is 0 Å². The number of sulfonamides is 1. The Morgan fingerprint density at radius 1 is 1.44 bits per heavy atom. The molecule has 16 heavy (non-hydrogen) atoms. The quantitative estimate of drug-likeness (QED) is 0.836. The third-order valence-electron chi connectivity index (χ3n) is 2.20. The third-order valence-corrected chi connectivity index (χ3v) is 4.24. The Kier molecular flexibility index (Phi) is 4.35. The summed E-state index contributed by atoms with van der Waals surface area (Å²) in [5, 5.41) is 0. The van der Waals surface area contributed by atoms with Crippen LogP contribution in [0.15, 0.2) is 21.5 Å². The van der Waals surface area contributed by atoms with E-state index in [1.54, 1.807) is 19.1 Å². The van der Waals surface area contributed by atoms with Crippen LogP contribution in [0.2, 0.25) is 0 Å². The summed E-state index contributed by atoms with van der Waals surface area (Å²) in [4.78, 5) is 0.229. The Bertz CT molecular complexity index is 486. The van der Waals surface area contributed by atoms with Gasteiger partial charge < -0.3 is 5.73 Å². The van der Waals surface area contributed by atoms with Gasteiger partial charge in [0.25, 0.3) is 0 Å². The maximum atomic E-state index is 11.9. The Morgan fingerprint density at radius 3 is 2.62 bits per heavy atom. The van der Waals surface area contributed by atoms with E-state index in [0.29, 0.717) is 22.3 Å². The molecule has 1 aromatic rings. The molecule has 1 aromatic carbocycles. The molecule has 0 aliphatic carbocycles. The fraction of sp³-hybridized carbons (Fsp3) is 0.400. The van der Waals surface area contributed by atoms with Gasteiger partial charge in [0.2, 0.25) is 10.0 Å². The molecule has 0 heterocycles. The predicted octanol–water partition coefficient (Wildman–Crippen LogP) is 2.03. The van der Waals surface area contributed by atoms with Gasteiger partial charge in [-0.3, -0.25) is 0 Å². The molecule has 0 saturated carbocycles. The SMILES string of the molecule is CCCNS(=O)(=O)c1cc(Br)cc(N)c1C. The van der Waals surface area contributed by atoms with Crippen molar-refractivity contribution >= 4 is 31.6 Å². The van der Waals surface area contributed by atoms with Gasteiger partial charge in [0.1, 0.15) is 0 Å². The van der Waals surface area contributed by atoms with E-state index in [4.69, 9.17) is 5.73 Å². The maximum Gasteiger partial charge on any atom is 0.240 e. The van der Waals surface area contributed by atoms with E-state index in [1.165, 1.54) is 0 Å². The van der Waals surface area contributed by atoms with Gasteiger partial charge in [0, 0.05) is 16.7 Å². The normalized spacial score (nSPS) is 11.7. The molecule has 6 heteroatoms. The van der Waals surface area contributed by atoms with Crippen molar-refractivity contribution in [3.8, 4) is 0 Å². The Labute approximate surface area is 104 Å². The first-order valence-electron chi connectivity index (χ1n) is 4.93. The van der Waals surface area contributed by atoms with Crippen molar-refractivity contribution in [2.75, 3.05) is 12.3 Å². The van der Waals surface area contributed by atoms with Gasteiger partial charge in [0.15, 0.2) is 0 Å². The Balaban J connectivity index is 3.22. The number of hydrogen-bond donors (Lipinski definition) is 2. The van der Waals surface area contributed by atoms with E-state index in [2.05, 4.69) is 20.7 Å². The first-order chi connectivity index (χ1) is 7.38. The standard InChI is InChI=1S/C10H15BrN2O2S/c1-3-4-13-16(14,15)10-6-8(11)5-9(12)7(10)2/h5-6,13H,3-4,12H2,1-2H3. The van der Waals surface area contributed by atoms with Gasteiger partial charge >= 0.3 is 0 Å². The molecule has 0 atom stereocenters. The van der Waals surface area contributed by atoms with E-state index in [-0.39, 0.29) is 4.90 Å². The van der Waals surface area contributed by atoms with Crippen LogP contribution in [0.4, 0.5) is 5.69 Å². The fourth-order valence-electron chi connectivity index (χ4n) is 1.27. The van der Waals surface area contributed by atoms with Crippen LogP contribution in [0.1, 0.15) is 18.9 Å². The van der Waals surface area contributed by atoms with Crippen molar-refractivity contribution < 1.29 is 8.42 Å². The minimum atomic E-state index is -3.46. The van der Waals surface area contributed by atoms with Crippen LogP contribution in [0.5, 0.6) is 0 Å². The molecule has 0 aliphatic heterocycles. The summed E-state index contributed by atoms with van der Waals surface area (Å²) in [5.41, 5.74) is 6.76. The molecular formula is C10H15BrN2O2S. The number of nitrogens with one attached hydrogen (secondary N) is 1. The summed E-state index contributed by atoms with van der Waals surface area (Å²) in [7, 11) is -3.46. The number of benzene rings is 1. The van der Waals surface area contributed by atoms with Gasteiger partial charge in [-0.25, -0.2) is 13.1 Å². The zero-order chi connectivity index (χ0) is 12.3. The zero-order valence-electron chi connectivity index (χ0n) is 9.25. The van der Waals surface area contributed by atoms with Crippen LogP contribution in [0.3, 0.4) is 0 Å². The Hall–Kier alpha value is -0.590. The third kappa shape index (κ3) is 2.96. The lowest BCUT2D eigenvalue weighted by Gasteiger charge is -2.11. The summed E-state index contributed by atoms with van der Waals surface area (Å²) >= 11 is 3.24. The monoisotopic (exact) mass is 306 g/mol. The van der Waals surface area contributed by atoms with Crippen LogP contribution in [-0.4, -0.2) is 15.0 Å². The average Bonchev–Trinajstić information content (AvgIpc) is 2.20. The van der Waals surface area contributed by atoms with Crippen LogP contribution in [-0.2, 0) is 10.0 Å². The first kappa shape index (κ1) is 13.5. The molecular weight excluding hydrogens is 292 g/mol. The smallest absolute Gasteiger partial charge is 0.240 e. The largest absolute Gasteiger partial charge is 0.398 e. The highest BCUT2D eigenvalue weighted by atomic mass is 79.9. The maximum absolute atomic E-state index is 11.9. The van der Waals surface area contributed by atoms with E-state index in [1.807, 2.05) is 6.92 Å². The number of halogens is 1. The van der Waals surface area contributed by atoms with Gasteiger partial charge in [-0.2, -0.15) is 0 Å². The van der Waals surface area contributed by atoms with Crippen LogP contribution in [0, 0.1) is 6.92 Å². The van der Waals surface area contributed by atoms with Crippen molar-refractivity contribution in [3.63, 3.8) is 0 Å². The number of nitrogens with two attached hydrogens (primary N) is 1. The van der Waals surface area contributed by atoms with Gasteiger partial charge in [-0.05, 0) is 31.0 Å². The second kappa shape index (κ2) is 5.16. The molecule has 0 unspecified atom stereocenters. The molecule has 0 amide bonds. The molecule has 0 aromatic heterocycles. The molecule has 0 bridgehead atoms. The van der Waals surface area contributed by atoms with E-state index >= 15 is 0 Å². The summed E-state index contributed by atoms with van der Waals surface area (Å²) in [6, 6.07) is 3.25. The van der Waals surface area contributed by atoms with Crippen LogP contribution >= 0.6 is 15.9 Å². The number of hydrogen-bond acceptors (Lipinski definition) is 3. The molecule has 1 rings (SSSR count). The second-order valence-corrected chi connectivity index (χ2v) is 6.17. The zero-order valence-corrected chi connectivity index (χ0v) is 11.7. The average molecular weight is 307 g/mol. The highest BCUT2D eigenvalue weighted by molar-refractivity contribution is 9.10. The van der Waals surface area contributed by atoms with Gasteiger partial charge in [-0.1, -0.05) is 22.9 Å². The van der Waals surface area contributed by atoms with Crippen LogP contribution < -0.4 is 10.5 Å². The van der Waals surface area contributed by atoms with Crippen molar-refractivity contribution in [3.05, 3.63) is 22.2 Å². The molecule has 3 N–H and O–H groups in total. The summed E-state index contributed by atoms with van der Waals surface area (Å²) in [6.45, 7) is 4.03. The lowest BCUT2D eigenvalue weighted by Crippen LogP contribution is -2.25. The second-order valence-electron chi connectivity index (χ2n) is 3.52. The topological polar surface area (TPSA) is 72.2 Å². The minimum Gasteiger partial charge on any atom is -0.398 e. The summed E-state index contributed by atoms with van der Waals surface area (Å²) < 4.78 is 27.0. The highest BCUT2D eigenvalue weighted by Crippen LogP contribution is 2.26. The molecule has 0 aliphatic rings. The van der Waals surface area contributed by atoms with Gasteiger partial charge in [-0.15, -0.1) is 0 Å². The van der Waals surface area contributed by atoms with Gasteiger partial charge in [0.05, 0.1) is 4.90 Å². The van der Waals surface area contributed by atoms with E-state index < -0.39 is 10.0 Å². The van der Waals surface area contributed by atoms with Crippen molar-refractivity contribution in [1.82, 2.24) is 4.72 Å². The number of anilines is 1. The highest BCUT2D eigenvalue weighted by Gasteiger charge is 2.18. The van der Waals surface area contributed by atoms with Crippen molar-refractivity contribution in [2.45, 2.75) is 25.2 Å². The molecule has 4 nitrogen and oxygen atoms in total. The van der Waals surface area contributed by atoms with Crippen LogP contribution in [0.25, 0.3) is 0 Å².